The van der Waals surface area contributed by atoms with Gasteiger partial charge in [-0.15, -0.1) is 0 Å². The van der Waals surface area contributed by atoms with Gasteiger partial charge < -0.3 is 10.5 Å². The maximum Gasteiger partial charge on any atom is 0.323 e. The molecule has 0 bridgehead atoms. The van der Waals surface area contributed by atoms with Crippen LogP contribution in [0.3, 0.4) is 0 Å². The van der Waals surface area contributed by atoms with Crippen molar-refractivity contribution in [3.05, 3.63) is 11.6 Å². The number of allylic oxidation sites excluding steroid dienone is 1. The van der Waals surface area contributed by atoms with Crippen molar-refractivity contribution in [3.8, 4) is 0 Å². The van der Waals surface area contributed by atoms with Crippen molar-refractivity contribution in [2.24, 2.45) is 40.2 Å². The molecule has 0 amide bonds. The fourth-order valence-electron chi connectivity index (χ4n) is 7.71. The molecule has 0 unspecified atom stereocenters. The van der Waals surface area contributed by atoms with Crippen molar-refractivity contribution >= 4 is 11.8 Å². The van der Waals surface area contributed by atoms with E-state index >= 15 is 0 Å². The fourth-order valence-corrected chi connectivity index (χ4v) is 7.71. The molecule has 0 aliphatic heterocycles. The van der Waals surface area contributed by atoms with Gasteiger partial charge in [0.15, 0.2) is 0 Å². The first-order valence-corrected chi connectivity index (χ1v) is 11.3. The summed E-state index contributed by atoms with van der Waals surface area (Å²) in [6.45, 7) is 8.35. The lowest BCUT2D eigenvalue weighted by Crippen LogP contribution is -2.51. The standard InChI is InChI=1S/C24H37NO3/c1-14(25)22(27)28-17-9-11-23(3)16(13-17)5-6-18-20-8-7-19(15(2)26)24(20,4)12-10-21(18)23/h13-14,17-21H,5-12,25H2,1-4H3/t14-,17-,18-,19+,20-,21-,23-,24+/m0/s1. The Morgan fingerprint density at radius 3 is 2.54 bits per heavy atom. The molecule has 0 spiro atoms. The van der Waals surface area contributed by atoms with Gasteiger partial charge >= 0.3 is 5.97 Å². The number of nitrogens with two attached hydrogens (primary N) is 1. The number of Topliss-reactive ketones (excluding diaryl/α,β-unsaturated/α-hetero) is 1. The predicted octanol–water partition coefficient (Wildman–Crippen LogP) is 4.41. The third kappa shape index (κ3) is 2.98. The van der Waals surface area contributed by atoms with Crippen molar-refractivity contribution in [1.82, 2.24) is 0 Å². The van der Waals surface area contributed by atoms with Gasteiger partial charge in [0.05, 0.1) is 0 Å². The normalized spacial score (nSPS) is 45.9. The molecule has 0 radical (unpaired) electrons. The van der Waals surface area contributed by atoms with Crippen LogP contribution in [0.25, 0.3) is 0 Å². The zero-order valence-corrected chi connectivity index (χ0v) is 18.0. The molecule has 4 rings (SSSR count). The van der Waals surface area contributed by atoms with E-state index in [9.17, 15) is 9.59 Å². The van der Waals surface area contributed by atoms with Gasteiger partial charge in [-0.3, -0.25) is 9.59 Å². The molecule has 0 aromatic carbocycles. The Kier molecular flexibility index (Phi) is 5.01. The lowest BCUT2D eigenvalue weighted by Gasteiger charge is -2.58. The molecule has 0 aromatic heterocycles. The quantitative estimate of drug-likeness (QED) is 0.575. The van der Waals surface area contributed by atoms with Crippen molar-refractivity contribution in [2.75, 3.05) is 0 Å². The predicted molar refractivity (Wildman–Crippen MR) is 109 cm³/mol. The molecule has 28 heavy (non-hydrogen) atoms. The summed E-state index contributed by atoms with van der Waals surface area (Å²) in [5, 5.41) is 0. The zero-order valence-electron chi connectivity index (χ0n) is 18.0. The molecule has 0 heterocycles. The topological polar surface area (TPSA) is 69.4 Å². The minimum Gasteiger partial charge on any atom is -0.457 e. The van der Waals surface area contributed by atoms with Crippen molar-refractivity contribution in [2.45, 2.75) is 91.2 Å². The first-order valence-electron chi connectivity index (χ1n) is 11.3. The third-order valence-corrected chi connectivity index (χ3v) is 9.20. The van der Waals surface area contributed by atoms with E-state index in [4.69, 9.17) is 10.5 Å². The number of hydrogen-bond acceptors (Lipinski definition) is 4. The van der Waals surface area contributed by atoms with E-state index in [0.717, 1.165) is 31.6 Å². The first-order chi connectivity index (χ1) is 13.2. The molecular weight excluding hydrogens is 350 g/mol. The average molecular weight is 388 g/mol. The molecule has 4 aliphatic rings. The van der Waals surface area contributed by atoms with Gasteiger partial charge in [0.2, 0.25) is 0 Å². The van der Waals surface area contributed by atoms with Crippen LogP contribution < -0.4 is 5.73 Å². The summed E-state index contributed by atoms with van der Waals surface area (Å²) >= 11 is 0. The summed E-state index contributed by atoms with van der Waals surface area (Å²) < 4.78 is 5.63. The Bertz CT molecular complexity index is 698. The highest BCUT2D eigenvalue weighted by Crippen LogP contribution is 2.66. The largest absolute Gasteiger partial charge is 0.457 e. The summed E-state index contributed by atoms with van der Waals surface area (Å²) in [6.07, 6.45) is 11.2. The van der Waals surface area contributed by atoms with Crippen LogP contribution in [0.15, 0.2) is 11.6 Å². The second-order valence-corrected chi connectivity index (χ2v) is 10.6. The summed E-state index contributed by atoms with van der Waals surface area (Å²) in [5.74, 6) is 2.54. The maximum absolute atomic E-state index is 12.3. The Hall–Kier alpha value is -1.16. The Balaban J connectivity index is 1.55. The van der Waals surface area contributed by atoms with E-state index in [1.54, 1.807) is 13.8 Å². The summed E-state index contributed by atoms with van der Waals surface area (Å²) in [5.41, 5.74) is 7.63. The van der Waals surface area contributed by atoms with Crippen LogP contribution in [0.5, 0.6) is 0 Å². The van der Waals surface area contributed by atoms with Gasteiger partial charge in [0, 0.05) is 5.92 Å². The number of fused-ring (bicyclic) bond motifs is 5. The van der Waals surface area contributed by atoms with Gasteiger partial charge in [-0.05, 0) is 99.9 Å². The van der Waals surface area contributed by atoms with Gasteiger partial charge in [0.25, 0.3) is 0 Å². The maximum atomic E-state index is 12.3. The molecule has 4 aliphatic carbocycles. The highest BCUT2D eigenvalue weighted by atomic mass is 16.5. The molecule has 3 fully saturated rings. The SMILES string of the molecule is CC(=O)[C@H]1CC[C@H]2[C@@H]3CCC4=C[C@@H](OC(=O)[C@H](C)N)CC[C@]4(C)[C@H]3CC[C@]12C. The number of carbonyl (C=O) groups is 2. The third-order valence-electron chi connectivity index (χ3n) is 9.20. The fraction of sp³-hybridized carbons (Fsp3) is 0.833. The van der Waals surface area contributed by atoms with Crippen LogP contribution in [0, 0.1) is 34.5 Å². The van der Waals surface area contributed by atoms with Crippen molar-refractivity contribution < 1.29 is 14.3 Å². The number of rotatable bonds is 3. The second kappa shape index (κ2) is 6.97. The molecule has 0 aromatic rings. The van der Waals surface area contributed by atoms with E-state index < -0.39 is 6.04 Å². The summed E-state index contributed by atoms with van der Waals surface area (Å²) in [7, 11) is 0. The van der Waals surface area contributed by atoms with Crippen LogP contribution >= 0.6 is 0 Å². The van der Waals surface area contributed by atoms with Crippen LogP contribution in [-0.4, -0.2) is 23.9 Å². The number of esters is 1. The van der Waals surface area contributed by atoms with Gasteiger partial charge in [0.1, 0.15) is 17.9 Å². The van der Waals surface area contributed by atoms with Crippen LogP contribution in [0.4, 0.5) is 0 Å². The zero-order chi connectivity index (χ0) is 20.3. The molecule has 4 heteroatoms. The van der Waals surface area contributed by atoms with Gasteiger partial charge in [-0.25, -0.2) is 0 Å². The van der Waals surface area contributed by atoms with E-state index in [-0.39, 0.29) is 28.8 Å². The van der Waals surface area contributed by atoms with Gasteiger partial charge in [-0.1, -0.05) is 19.4 Å². The van der Waals surface area contributed by atoms with Crippen LogP contribution in [0.1, 0.15) is 79.1 Å². The highest BCUT2D eigenvalue weighted by Gasteiger charge is 2.59. The van der Waals surface area contributed by atoms with E-state index in [2.05, 4.69) is 19.9 Å². The summed E-state index contributed by atoms with van der Waals surface area (Å²) in [4.78, 5) is 24.2. The smallest absolute Gasteiger partial charge is 0.323 e. The van der Waals surface area contributed by atoms with E-state index in [1.165, 1.54) is 31.3 Å². The number of hydrogen-bond donors (Lipinski definition) is 1. The molecule has 0 saturated heterocycles. The monoisotopic (exact) mass is 387 g/mol. The molecule has 156 valence electrons. The molecule has 3 saturated carbocycles. The van der Waals surface area contributed by atoms with E-state index in [1.807, 2.05) is 0 Å². The summed E-state index contributed by atoms with van der Waals surface area (Å²) in [6, 6.07) is -0.560. The molecule has 8 atom stereocenters. The Labute approximate surface area is 169 Å². The Morgan fingerprint density at radius 1 is 1.11 bits per heavy atom. The minimum atomic E-state index is -0.560. The first kappa shape index (κ1) is 20.1. The van der Waals surface area contributed by atoms with Crippen molar-refractivity contribution in [1.29, 1.82) is 0 Å². The molecule has 2 N–H and O–H groups in total. The van der Waals surface area contributed by atoms with Gasteiger partial charge in [-0.2, -0.15) is 0 Å². The van der Waals surface area contributed by atoms with Crippen LogP contribution in [0.2, 0.25) is 0 Å². The molecule has 4 nitrogen and oxygen atoms in total. The number of carbonyl (C=O) groups excluding carboxylic acids is 2. The van der Waals surface area contributed by atoms with Crippen LogP contribution in [-0.2, 0) is 14.3 Å². The van der Waals surface area contributed by atoms with Crippen molar-refractivity contribution in [3.63, 3.8) is 0 Å². The minimum absolute atomic E-state index is 0.111. The van der Waals surface area contributed by atoms with E-state index in [0.29, 0.717) is 17.6 Å². The highest BCUT2D eigenvalue weighted by molar-refractivity contribution is 5.79. The number of ketones is 1. The number of ether oxygens (including phenoxy) is 1. The average Bonchev–Trinajstić information content (AvgIpc) is 2.99. The lowest BCUT2D eigenvalue weighted by molar-refractivity contribution is -0.149. The Morgan fingerprint density at radius 2 is 1.86 bits per heavy atom. The lowest BCUT2D eigenvalue weighted by atomic mass is 9.46. The second-order valence-electron chi connectivity index (χ2n) is 10.6. The molecular formula is C24H37NO3.